The van der Waals surface area contributed by atoms with Crippen molar-refractivity contribution in [1.29, 1.82) is 0 Å². The average Bonchev–Trinajstić information content (AvgIpc) is 3.16. The van der Waals surface area contributed by atoms with Gasteiger partial charge in [-0.2, -0.15) is 0 Å². The number of benzene rings is 1. The van der Waals surface area contributed by atoms with E-state index in [1.54, 1.807) is 0 Å². The number of rotatable bonds is 6. The van der Waals surface area contributed by atoms with E-state index in [4.69, 9.17) is 14.6 Å². The topological polar surface area (TPSA) is 55.8 Å². The summed E-state index contributed by atoms with van der Waals surface area (Å²) >= 11 is 1.48. The minimum Gasteiger partial charge on any atom is -0.481 e. The molecule has 1 unspecified atom stereocenters. The quantitative estimate of drug-likeness (QED) is 0.887. The number of carboxylic acid groups (broad SMARTS) is 1. The van der Waals surface area contributed by atoms with Gasteiger partial charge in [-0.1, -0.05) is 18.2 Å². The second kappa shape index (κ2) is 7.05. The first-order valence-electron chi connectivity index (χ1n) is 7.28. The summed E-state index contributed by atoms with van der Waals surface area (Å²) in [6.45, 7) is 2.04. The van der Waals surface area contributed by atoms with E-state index in [0.717, 1.165) is 34.6 Å². The molecule has 1 aromatic heterocycles. The standard InChI is InChI=1S/C17H18O4S/c18-17(19)8-16-7-14(11-22-16)13-3-1-2-12(6-13)9-21-15-4-5-20-10-15/h1-3,6-7,11,15H,4-5,8-10H2,(H,18,19). The van der Waals surface area contributed by atoms with Gasteiger partial charge in [-0.05, 0) is 40.6 Å². The maximum atomic E-state index is 10.8. The SMILES string of the molecule is O=C(O)Cc1cc(-c2cccc(COC3CCOC3)c2)cs1. The molecule has 0 aliphatic carbocycles. The Bertz CT molecular complexity index is 644. The number of ether oxygens (including phenoxy) is 2. The van der Waals surface area contributed by atoms with E-state index in [-0.39, 0.29) is 12.5 Å². The first-order valence-corrected chi connectivity index (χ1v) is 8.16. The number of thiophene rings is 1. The van der Waals surface area contributed by atoms with Crippen molar-refractivity contribution in [3.05, 3.63) is 46.2 Å². The summed E-state index contributed by atoms with van der Waals surface area (Å²) in [6, 6.07) is 10.1. The summed E-state index contributed by atoms with van der Waals surface area (Å²) in [5, 5.41) is 10.8. The highest BCUT2D eigenvalue weighted by Crippen LogP contribution is 2.27. The van der Waals surface area contributed by atoms with Crippen molar-refractivity contribution in [1.82, 2.24) is 0 Å². The lowest BCUT2D eigenvalue weighted by Gasteiger charge is -2.10. The Morgan fingerprint density at radius 1 is 1.36 bits per heavy atom. The van der Waals surface area contributed by atoms with E-state index in [0.29, 0.717) is 13.2 Å². The van der Waals surface area contributed by atoms with Crippen LogP contribution in [-0.4, -0.2) is 30.4 Å². The van der Waals surface area contributed by atoms with Crippen LogP contribution in [-0.2, 0) is 27.3 Å². The molecule has 0 spiro atoms. The molecule has 1 atom stereocenters. The van der Waals surface area contributed by atoms with Crippen molar-refractivity contribution in [3.8, 4) is 11.1 Å². The van der Waals surface area contributed by atoms with Crippen LogP contribution in [0.15, 0.2) is 35.7 Å². The van der Waals surface area contributed by atoms with Gasteiger partial charge in [-0.3, -0.25) is 4.79 Å². The minimum atomic E-state index is -0.797. The smallest absolute Gasteiger partial charge is 0.308 e. The monoisotopic (exact) mass is 318 g/mol. The molecule has 1 aliphatic rings. The highest BCUT2D eigenvalue weighted by atomic mass is 32.1. The van der Waals surface area contributed by atoms with Crippen LogP contribution in [0.2, 0.25) is 0 Å². The Kier molecular flexibility index (Phi) is 4.87. The Morgan fingerprint density at radius 2 is 2.27 bits per heavy atom. The van der Waals surface area contributed by atoms with Gasteiger partial charge in [-0.15, -0.1) is 11.3 Å². The summed E-state index contributed by atoms with van der Waals surface area (Å²) in [7, 11) is 0. The molecule has 1 aromatic carbocycles. The molecule has 0 amide bonds. The Labute approximate surface area is 133 Å². The van der Waals surface area contributed by atoms with Gasteiger partial charge in [0.2, 0.25) is 0 Å². The van der Waals surface area contributed by atoms with Gasteiger partial charge in [0.05, 0.1) is 25.7 Å². The predicted octanol–water partition coefficient (Wildman–Crippen LogP) is 3.35. The average molecular weight is 318 g/mol. The van der Waals surface area contributed by atoms with Crippen molar-refractivity contribution < 1.29 is 19.4 Å². The summed E-state index contributed by atoms with van der Waals surface area (Å²) in [5.41, 5.74) is 3.28. The molecule has 1 saturated heterocycles. The second-order valence-electron chi connectivity index (χ2n) is 5.37. The zero-order chi connectivity index (χ0) is 15.4. The molecule has 1 aliphatic heterocycles. The number of hydrogen-bond donors (Lipinski definition) is 1. The normalized spacial score (nSPS) is 17.7. The lowest BCUT2D eigenvalue weighted by atomic mass is 10.1. The molecule has 1 N–H and O–H groups in total. The minimum absolute atomic E-state index is 0.0785. The fraction of sp³-hybridized carbons (Fsp3) is 0.353. The van der Waals surface area contributed by atoms with Crippen LogP contribution in [0, 0.1) is 0 Å². The second-order valence-corrected chi connectivity index (χ2v) is 6.36. The van der Waals surface area contributed by atoms with Crippen LogP contribution in [0.4, 0.5) is 0 Å². The summed E-state index contributed by atoms with van der Waals surface area (Å²) in [5.74, 6) is -0.797. The third-order valence-electron chi connectivity index (χ3n) is 3.61. The van der Waals surface area contributed by atoms with Crippen LogP contribution in [0.25, 0.3) is 11.1 Å². The third-order valence-corrected chi connectivity index (χ3v) is 4.55. The van der Waals surface area contributed by atoms with E-state index in [9.17, 15) is 4.79 Å². The molecule has 0 bridgehead atoms. The van der Waals surface area contributed by atoms with Crippen LogP contribution in [0.3, 0.4) is 0 Å². The van der Waals surface area contributed by atoms with E-state index in [1.165, 1.54) is 11.3 Å². The van der Waals surface area contributed by atoms with Gasteiger partial charge in [0, 0.05) is 11.5 Å². The maximum Gasteiger partial charge on any atom is 0.308 e. The van der Waals surface area contributed by atoms with E-state index in [2.05, 4.69) is 6.07 Å². The Morgan fingerprint density at radius 3 is 3.05 bits per heavy atom. The highest BCUT2D eigenvalue weighted by Gasteiger charge is 2.16. The molecular formula is C17H18O4S. The lowest BCUT2D eigenvalue weighted by Crippen LogP contribution is -2.11. The van der Waals surface area contributed by atoms with Gasteiger partial charge in [0.1, 0.15) is 0 Å². The molecule has 1 fully saturated rings. The summed E-state index contributed by atoms with van der Waals surface area (Å²) in [6.07, 6.45) is 1.24. The van der Waals surface area contributed by atoms with E-state index in [1.807, 2.05) is 29.6 Å². The van der Waals surface area contributed by atoms with Crippen molar-refractivity contribution in [2.75, 3.05) is 13.2 Å². The fourth-order valence-corrected chi connectivity index (χ4v) is 3.36. The van der Waals surface area contributed by atoms with Gasteiger partial charge in [0.15, 0.2) is 0 Å². The Balaban J connectivity index is 1.67. The molecular weight excluding hydrogens is 300 g/mol. The molecule has 3 rings (SSSR count). The largest absolute Gasteiger partial charge is 0.481 e. The van der Waals surface area contributed by atoms with Crippen molar-refractivity contribution in [3.63, 3.8) is 0 Å². The fourth-order valence-electron chi connectivity index (χ4n) is 2.47. The van der Waals surface area contributed by atoms with Crippen molar-refractivity contribution >= 4 is 17.3 Å². The number of carbonyl (C=O) groups is 1. The predicted molar refractivity (Wildman–Crippen MR) is 85.1 cm³/mol. The molecule has 22 heavy (non-hydrogen) atoms. The van der Waals surface area contributed by atoms with Crippen molar-refractivity contribution in [2.45, 2.75) is 25.6 Å². The first-order chi connectivity index (χ1) is 10.7. The molecule has 0 radical (unpaired) electrons. The number of aliphatic carboxylic acids is 1. The zero-order valence-electron chi connectivity index (χ0n) is 12.2. The zero-order valence-corrected chi connectivity index (χ0v) is 13.0. The molecule has 2 aromatic rings. The molecule has 5 heteroatoms. The van der Waals surface area contributed by atoms with E-state index < -0.39 is 5.97 Å². The Hall–Kier alpha value is -1.69. The molecule has 2 heterocycles. The van der Waals surface area contributed by atoms with Gasteiger partial charge >= 0.3 is 5.97 Å². The van der Waals surface area contributed by atoms with E-state index >= 15 is 0 Å². The summed E-state index contributed by atoms with van der Waals surface area (Å²) in [4.78, 5) is 11.6. The van der Waals surface area contributed by atoms with Crippen LogP contribution in [0.1, 0.15) is 16.9 Å². The summed E-state index contributed by atoms with van der Waals surface area (Å²) < 4.78 is 11.1. The highest BCUT2D eigenvalue weighted by molar-refractivity contribution is 7.10. The van der Waals surface area contributed by atoms with Crippen LogP contribution < -0.4 is 0 Å². The number of carboxylic acids is 1. The van der Waals surface area contributed by atoms with Gasteiger partial charge in [-0.25, -0.2) is 0 Å². The molecule has 116 valence electrons. The third kappa shape index (κ3) is 3.94. The first kappa shape index (κ1) is 15.2. The number of hydrogen-bond acceptors (Lipinski definition) is 4. The maximum absolute atomic E-state index is 10.8. The lowest BCUT2D eigenvalue weighted by molar-refractivity contribution is -0.136. The van der Waals surface area contributed by atoms with Crippen LogP contribution >= 0.6 is 11.3 Å². The van der Waals surface area contributed by atoms with Gasteiger partial charge < -0.3 is 14.6 Å². The van der Waals surface area contributed by atoms with Gasteiger partial charge in [0.25, 0.3) is 0 Å². The molecule has 4 nitrogen and oxygen atoms in total. The molecule has 0 saturated carbocycles. The van der Waals surface area contributed by atoms with Crippen LogP contribution in [0.5, 0.6) is 0 Å². The van der Waals surface area contributed by atoms with Crippen molar-refractivity contribution in [2.24, 2.45) is 0 Å².